The second-order valence-electron chi connectivity index (χ2n) is 6.04. The minimum Gasteiger partial charge on any atom is -0.495 e. The molecule has 0 bridgehead atoms. The molecule has 0 atom stereocenters. The van der Waals surface area contributed by atoms with E-state index < -0.39 is 5.82 Å². The lowest BCUT2D eigenvalue weighted by molar-refractivity contribution is 0.0730. The van der Waals surface area contributed by atoms with Crippen LogP contribution in [0.4, 0.5) is 4.39 Å². The van der Waals surface area contributed by atoms with Crippen molar-refractivity contribution >= 4 is 28.4 Å². The van der Waals surface area contributed by atoms with Crippen LogP contribution in [0.1, 0.15) is 21.6 Å². The summed E-state index contributed by atoms with van der Waals surface area (Å²) in [5.41, 5.74) is 2.99. The average Bonchev–Trinajstić information content (AvgIpc) is 2.99. The van der Waals surface area contributed by atoms with Crippen LogP contribution in [-0.2, 0) is 13.0 Å². The maximum Gasteiger partial charge on any atom is 0.258 e. The molecule has 2 aromatic carbocycles. The fourth-order valence-corrected chi connectivity index (χ4v) is 3.66. The monoisotopic (exact) mass is 358 g/mol. The molecule has 0 saturated carbocycles. The number of fused-ring (bicyclic) bond motifs is 3. The highest BCUT2D eigenvalue weighted by Crippen LogP contribution is 2.33. The molecule has 6 heteroatoms. The van der Waals surface area contributed by atoms with Gasteiger partial charge in [-0.25, -0.2) is 4.39 Å². The number of aromatic amines is 1. The number of nitrogens with zero attached hydrogens (tertiary/aromatic N) is 1. The van der Waals surface area contributed by atoms with Gasteiger partial charge in [0.1, 0.15) is 11.6 Å². The van der Waals surface area contributed by atoms with E-state index in [1.807, 2.05) is 18.2 Å². The molecule has 0 radical (unpaired) electrons. The van der Waals surface area contributed by atoms with Crippen molar-refractivity contribution in [2.75, 3.05) is 13.7 Å². The molecule has 1 aromatic heterocycles. The standard InChI is InChI=1S/C19H16ClFN2O2/c1-25-16-7-2-4-11-12-10-23(9-8-15(12)22-18(11)16)19(24)17-13(20)5-3-6-14(17)21/h2-7,22H,8-10H2,1H3. The SMILES string of the molecule is COc1cccc2c3c([nH]c12)CCN(C(=O)c1c(F)cccc1Cl)C3. The first-order chi connectivity index (χ1) is 12.1. The molecule has 4 rings (SSSR count). The molecule has 0 spiro atoms. The van der Waals surface area contributed by atoms with E-state index in [9.17, 15) is 9.18 Å². The Morgan fingerprint density at radius 3 is 2.84 bits per heavy atom. The van der Waals surface area contributed by atoms with Crippen molar-refractivity contribution in [3.63, 3.8) is 0 Å². The van der Waals surface area contributed by atoms with Crippen LogP contribution < -0.4 is 4.74 Å². The van der Waals surface area contributed by atoms with Gasteiger partial charge in [-0.3, -0.25) is 4.79 Å². The van der Waals surface area contributed by atoms with Crippen LogP contribution in [0, 0.1) is 5.82 Å². The lowest BCUT2D eigenvalue weighted by atomic mass is 10.0. The largest absolute Gasteiger partial charge is 0.495 e. The normalized spacial score (nSPS) is 13.8. The predicted molar refractivity (Wildman–Crippen MR) is 94.7 cm³/mol. The minimum absolute atomic E-state index is 0.0648. The van der Waals surface area contributed by atoms with Crippen LogP contribution in [0.5, 0.6) is 5.75 Å². The topological polar surface area (TPSA) is 45.3 Å². The van der Waals surface area contributed by atoms with Gasteiger partial charge in [-0.2, -0.15) is 0 Å². The number of para-hydroxylation sites is 1. The van der Waals surface area contributed by atoms with E-state index in [1.54, 1.807) is 12.0 Å². The number of aromatic nitrogens is 1. The number of carbonyl (C=O) groups excluding carboxylic acids is 1. The Labute approximate surface area is 149 Å². The van der Waals surface area contributed by atoms with Gasteiger partial charge >= 0.3 is 0 Å². The molecule has 1 amide bonds. The van der Waals surface area contributed by atoms with Crippen LogP contribution in [0.15, 0.2) is 36.4 Å². The maximum absolute atomic E-state index is 14.1. The summed E-state index contributed by atoms with van der Waals surface area (Å²) in [6.07, 6.45) is 0.672. The van der Waals surface area contributed by atoms with Gasteiger partial charge in [0.15, 0.2) is 0 Å². The Morgan fingerprint density at radius 1 is 1.28 bits per heavy atom. The Morgan fingerprint density at radius 2 is 2.08 bits per heavy atom. The molecule has 0 unspecified atom stereocenters. The second-order valence-corrected chi connectivity index (χ2v) is 6.45. The van der Waals surface area contributed by atoms with Crippen LogP contribution in [0.2, 0.25) is 5.02 Å². The number of carbonyl (C=O) groups is 1. The fourth-order valence-electron chi connectivity index (χ4n) is 3.41. The number of benzene rings is 2. The molecular formula is C19H16ClFN2O2. The van der Waals surface area contributed by atoms with Crippen molar-refractivity contribution in [2.45, 2.75) is 13.0 Å². The van der Waals surface area contributed by atoms with Crippen LogP contribution in [0.25, 0.3) is 10.9 Å². The van der Waals surface area contributed by atoms with Crippen LogP contribution in [0.3, 0.4) is 0 Å². The average molecular weight is 359 g/mol. The van der Waals surface area contributed by atoms with Crippen LogP contribution in [-0.4, -0.2) is 29.4 Å². The minimum atomic E-state index is -0.594. The molecule has 2 heterocycles. The second kappa shape index (κ2) is 6.08. The van der Waals surface area contributed by atoms with E-state index in [2.05, 4.69) is 4.98 Å². The molecule has 1 aliphatic heterocycles. The third-order valence-electron chi connectivity index (χ3n) is 4.66. The Hall–Kier alpha value is -2.53. The van der Waals surface area contributed by atoms with Crippen molar-refractivity contribution in [1.82, 2.24) is 9.88 Å². The van der Waals surface area contributed by atoms with Gasteiger partial charge in [-0.1, -0.05) is 29.8 Å². The van der Waals surface area contributed by atoms with Gasteiger partial charge in [-0.05, 0) is 18.2 Å². The van der Waals surface area contributed by atoms with E-state index >= 15 is 0 Å². The number of H-pyrrole nitrogens is 1. The number of amides is 1. The van der Waals surface area contributed by atoms with E-state index in [1.165, 1.54) is 18.2 Å². The summed E-state index contributed by atoms with van der Waals surface area (Å²) >= 11 is 6.05. The summed E-state index contributed by atoms with van der Waals surface area (Å²) < 4.78 is 19.5. The van der Waals surface area contributed by atoms with E-state index in [0.29, 0.717) is 19.5 Å². The molecule has 0 saturated heterocycles. The fraction of sp³-hybridized carbons (Fsp3) is 0.211. The molecule has 4 nitrogen and oxygen atoms in total. The lowest BCUT2D eigenvalue weighted by Crippen LogP contribution is -2.36. The van der Waals surface area contributed by atoms with Gasteiger partial charge in [0.2, 0.25) is 0 Å². The molecular weight excluding hydrogens is 343 g/mol. The van der Waals surface area contributed by atoms with Gasteiger partial charge in [0, 0.05) is 36.2 Å². The zero-order valence-electron chi connectivity index (χ0n) is 13.6. The summed E-state index contributed by atoms with van der Waals surface area (Å²) in [6, 6.07) is 10.1. The van der Waals surface area contributed by atoms with E-state index in [-0.39, 0.29) is 16.5 Å². The first kappa shape index (κ1) is 16.0. The highest BCUT2D eigenvalue weighted by molar-refractivity contribution is 6.33. The van der Waals surface area contributed by atoms with Crippen molar-refractivity contribution in [1.29, 1.82) is 0 Å². The molecule has 1 aliphatic rings. The summed E-state index contributed by atoms with van der Waals surface area (Å²) in [4.78, 5) is 17.8. The molecule has 1 N–H and O–H groups in total. The molecule has 25 heavy (non-hydrogen) atoms. The van der Waals surface area contributed by atoms with Crippen molar-refractivity contribution in [2.24, 2.45) is 0 Å². The third kappa shape index (κ3) is 2.55. The smallest absolute Gasteiger partial charge is 0.258 e. The first-order valence-corrected chi connectivity index (χ1v) is 8.37. The van der Waals surface area contributed by atoms with Crippen molar-refractivity contribution in [3.05, 3.63) is 64.1 Å². The summed E-state index contributed by atoms with van der Waals surface area (Å²) in [7, 11) is 1.63. The highest BCUT2D eigenvalue weighted by Gasteiger charge is 2.28. The Kier molecular flexibility index (Phi) is 3.88. The number of hydrogen-bond acceptors (Lipinski definition) is 2. The predicted octanol–water partition coefficient (Wildman–Crippen LogP) is 4.17. The van der Waals surface area contributed by atoms with Crippen LogP contribution >= 0.6 is 11.6 Å². The summed E-state index contributed by atoms with van der Waals surface area (Å²) in [5.74, 6) is -0.211. The summed E-state index contributed by atoms with van der Waals surface area (Å²) in [5, 5.41) is 1.16. The number of ether oxygens (including phenoxy) is 1. The highest BCUT2D eigenvalue weighted by atomic mass is 35.5. The van der Waals surface area contributed by atoms with Gasteiger partial charge in [0.25, 0.3) is 5.91 Å². The maximum atomic E-state index is 14.1. The van der Waals surface area contributed by atoms with Gasteiger partial charge < -0.3 is 14.6 Å². The van der Waals surface area contributed by atoms with Crippen molar-refractivity contribution in [3.8, 4) is 5.75 Å². The summed E-state index contributed by atoms with van der Waals surface area (Å²) in [6.45, 7) is 0.914. The number of halogens is 2. The van der Waals surface area contributed by atoms with Crippen molar-refractivity contribution < 1.29 is 13.9 Å². The number of hydrogen-bond donors (Lipinski definition) is 1. The number of rotatable bonds is 2. The third-order valence-corrected chi connectivity index (χ3v) is 4.97. The van der Waals surface area contributed by atoms with E-state index in [4.69, 9.17) is 16.3 Å². The zero-order valence-corrected chi connectivity index (χ0v) is 14.4. The van der Waals surface area contributed by atoms with Gasteiger partial charge in [0.05, 0.1) is 23.2 Å². The molecule has 128 valence electrons. The zero-order chi connectivity index (χ0) is 17.6. The molecule has 0 aliphatic carbocycles. The lowest BCUT2D eigenvalue weighted by Gasteiger charge is -2.27. The Bertz CT molecular complexity index is 963. The quantitative estimate of drug-likeness (QED) is 0.747. The number of methoxy groups -OCH3 is 1. The molecule has 0 fully saturated rings. The van der Waals surface area contributed by atoms with Gasteiger partial charge in [-0.15, -0.1) is 0 Å². The van der Waals surface area contributed by atoms with E-state index in [0.717, 1.165) is 27.9 Å². The molecule has 3 aromatic rings. The Balaban J connectivity index is 1.73. The number of nitrogens with one attached hydrogen (secondary N) is 1. The first-order valence-electron chi connectivity index (χ1n) is 8.00.